The zero-order valence-electron chi connectivity index (χ0n) is 6.84. The Bertz CT molecular complexity index is 284. The number of rotatable bonds is 2. The Morgan fingerprint density at radius 2 is 1.92 bits per heavy atom. The number of aryl methyl sites for hydroxylation is 2. The fourth-order valence-corrected chi connectivity index (χ4v) is 1.61. The van der Waals surface area contributed by atoms with Crippen LogP contribution in [0, 0.1) is 6.92 Å². The molecule has 0 saturated carbocycles. The van der Waals surface area contributed by atoms with Crippen molar-refractivity contribution < 1.29 is 10.2 Å². The summed E-state index contributed by atoms with van der Waals surface area (Å²) in [6.07, 6.45) is 0.792. The van der Waals surface area contributed by atoms with Crippen LogP contribution in [0.25, 0.3) is 0 Å². The van der Waals surface area contributed by atoms with Crippen molar-refractivity contribution in [1.82, 2.24) is 0 Å². The minimum absolute atomic E-state index is 0.257. The molecule has 1 rings (SSSR count). The van der Waals surface area contributed by atoms with Gasteiger partial charge in [0.2, 0.25) is 0 Å². The SMILES string of the molecule is Cc1cc(O)c(CCI)cc1O. The lowest BCUT2D eigenvalue weighted by molar-refractivity contribution is 0.452. The van der Waals surface area contributed by atoms with E-state index in [9.17, 15) is 10.2 Å². The summed E-state index contributed by atoms with van der Waals surface area (Å²) in [6.45, 7) is 1.77. The summed E-state index contributed by atoms with van der Waals surface area (Å²) >= 11 is 2.24. The minimum Gasteiger partial charge on any atom is -0.508 e. The van der Waals surface area contributed by atoms with Crippen LogP contribution in [0.5, 0.6) is 11.5 Å². The Morgan fingerprint density at radius 3 is 2.50 bits per heavy atom. The van der Waals surface area contributed by atoms with Crippen molar-refractivity contribution in [2.24, 2.45) is 0 Å². The van der Waals surface area contributed by atoms with E-state index >= 15 is 0 Å². The van der Waals surface area contributed by atoms with E-state index in [0.717, 1.165) is 16.4 Å². The van der Waals surface area contributed by atoms with E-state index < -0.39 is 0 Å². The lowest BCUT2D eigenvalue weighted by Crippen LogP contribution is -1.87. The molecule has 0 heterocycles. The molecular formula is C9H11IO2. The zero-order chi connectivity index (χ0) is 9.14. The number of hydrogen-bond acceptors (Lipinski definition) is 2. The monoisotopic (exact) mass is 278 g/mol. The van der Waals surface area contributed by atoms with E-state index in [0.29, 0.717) is 5.56 Å². The largest absolute Gasteiger partial charge is 0.508 e. The van der Waals surface area contributed by atoms with Gasteiger partial charge in [-0.15, -0.1) is 0 Å². The standard InChI is InChI=1S/C9H11IO2/c1-6-4-9(12)7(2-3-10)5-8(6)11/h4-5,11-12H,2-3H2,1H3. The molecule has 0 fully saturated rings. The molecule has 0 aromatic heterocycles. The summed E-state index contributed by atoms with van der Waals surface area (Å²) in [5.41, 5.74) is 1.53. The van der Waals surface area contributed by atoms with Gasteiger partial charge in [-0.25, -0.2) is 0 Å². The molecule has 0 unspecified atom stereocenters. The van der Waals surface area contributed by atoms with E-state index in [1.807, 2.05) is 0 Å². The molecule has 0 aliphatic rings. The average molecular weight is 278 g/mol. The second-order valence-corrected chi connectivity index (χ2v) is 3.79. The molecule has 2 N–H and O–H groups in total. The smallest absolute Gasteiger partial charge is 0.119 e. The van der Waals surface area contributed by atoms with Gasteiger partial charge in [-0.2, -0.15) is 0 Å². The third-order valence-corrected chi connectivity index (χ3v) is 2.30. The van der Waals surface area contributed by atoms with Gasteiger partial charge in [0.25, 0.3) is 0 Å². The van der Waals surface area contributed by atoms with Gasteiger partial charge < -0.3 is 10.2 Å². The number of hydrogen-bond donors (Lipinski definition) is 2. The maximum Gasteiger partial charge on any atom is 0.119 e. The second kappa shape index (κ2) is 3.98. The molecule has 0 aliphatic heterocycles. The summed E-state index contributed by atoms with van der Waals surface area (Å²) in [5, 5.41) is 18.8. The highest BCUT2D eigenvalue weighted by Crippen LogP contribution is 2.26. The number of benzene rings is 1. The Labute approximate surface area is 85.4 Å². The Balaban J connectivity index is 3.05. The van der Waals surface area contributed by atoms with Crippen molar-refractivity contribution in [2.45, 2.75) is 13.3 Å². The van der Waals surface area contributed by atoms with Crippen LogP contribution in [-0.4, -0.2) is 14.6 Å². The maximum atomic E-state index is 9.43. The molecule has 2 nitrogen and oxygen atoms in total. The van der Waals surface area contributed by atoms with Gasteiger partial charge in [0, 0.05) is 4.43 Å². The fraction of sp³-hybridized carbons (Fsp3) is 0.333. The normalized spacial score (nSPS) is 10.2. The van der Waals surface area contributed by atoms with Gasteiger partial charge in [-0.05, 0) is 36.6 Å². The van der Waals surface area contributed by atoms with Gasteiger partial charge >= 0.3 is 0 Å². The summed E-state index contributed by atoms with van der Waals surface area (Å²) in [6, 6.07) is 3.22. The lowest BCUT2D eigenvalue weighted by Gasteiger charge is -2.05. The van der Waals surface area contributed by atoms with Gasteiger partial charge in [-0.3, -0.25) is 0 Å². The summed E-state index contributed by atoms with van der Waals surface area (Å²) in [7, 11) is 0. The molecule has 0 atom stereocenters. The molecule has 1 aromatic carbocycles. The van der Waals surface area contributed by atoms with Gasteiger partial charge in [0.1, 0.15) is 11.5 Å². The van der Waals surface area contributed by atoms with Crippen molar-refractivity contribution >= 4 is 22.6 Å². The molecule has 0 saturated heterocycles. The summed E-state index contributed by atoms with van der Waals surface area (Å²) in [4.78, 5) is 0. The highest BCUT2D eigenvalue weighted by molar-refractivity contribution is 14.1. The Hall–Kier alpha value is -0.450. The first-order valence-electron chi connectivity index (χ1n) is 3.72. The van der Waals surface area contributed by atoms with Gasteiger partial charge in [0.15, 0.2) is 0 Å². The molecule has 1 aromatic rings. The van der Waals surface area contributed by atoms with Crippen LogP contribution in [-0.2, 0) is 6.42 Å². The maximum absolute atomic E-state index is 9.43. The number of halogens is 1. The Morgan fingerprint density at radius 1 is 1.25 bits per heavy atom. The second-order valence-electron chi connectivity index (χ2n) is 2.71. The Kier molecular flexibility index (Phi) is 3.20. The first-order valence-corrected chi connectivity index (χ1v) is 5.25. The summed E-state index contributed by atoms with van der Waals surface area (Å²) < 4.78 is 0.938. The van der Waals surface area contributed by atoms with E-state index in [1.165, 1.54) is 0 Å². The van der Waals surface area contributed by atoms with E-state index in [4.69, 9.17) is 0 Å². The molecule has 3 heteroatoms. The molecule has 0 spiro atoms. The van der Waals surface area contributed by atoms with Crippen molar-refractivity contribution in [2.75, 3.05) is 4.43 Å². The lowest BCUT2D eigenvalue weighted by atomic mass is 10.1. The van der Waals surface area contributed by atoms with E-state index in [-0.39, 0.29) is 11.5 Å². The van der Waals surface area contributed by atoms with Crippen LogP contribution in [0.2, 0.25) is 0 Å². The first kappa shape index (κ1) is 9.64. The van der Waals surface area contributed by atoms with E-state index in [1.54, 1.807) is 19.1 Å². The molecule has 0 radical (unpaired) electrons. The minimum atomic E-state index is 0.257. The number of alkyl halides is 1. The number of phenols is 2. The number of aromatic hydroxyl groups is 2. The highest BCUT2D eigenvalue weighted by atomic mass is 127. The van der Waals surface area contributed by atoms with Crippen LogP contribution in [0.1, 0.15) is 11.1 Å². The quantitative estimate of drug-likeness (QED) is 0.495. The van der Waals surface area contributed by atoms with Crippen LogP contribution in [0.15, 0.2) is 12.1 Å². The molecule has 66 valence electrons. The van der Waals surface area contributed by atoms with E-state index in [2.05, 4.69) is 22.6 Å². The topological polar surface area (TPSA) is 40.5 Å². The fourth-order valence-electron chi connectivity index (χ4n) is 1.03. The van der Waals surface area contributed by atoms with Crippen LogP contribution in [0.4, 0.5) is 0 Å². The highest BCUT2D eigenvalue weighted by Gasteiger charge is 2.04. The molecule has 0 aliphatic carbocycles. The van der Waals surface area contributed by atoms with Crippen molar-refractivity contribution in [1.29, 1.82) is 0 Å². The van der Waals surface area contributed by atoms with Crippen LogP contribution in [0.3, 0.4) is 0 Å². The number of phenolic OH excluding ortho intramolecular Hbond substituents is 2. The summed E-state index contributed by atoms with van der Waals surface area (Å²) in [5.74, 6) is 0.537. The molecule has 0 amide bonds. The van der Waals surface area contributed by atoms with Crippen molar-refractivity contribution in [3.8, 4) is 11.5 Å². The molecule has 12 heavy (non-hydrogen) atoms. The zero-order valence-corrected chi connectivity index (χ0v) is 9.00. The third kappa shape index (κ3) is 2.03. The van der Waals surface area contributed by atoms with Crippen LogP contribution < -0.4 is 0 Å². The van der Waals surface area contributed by atoms with Crippen molar-refractivity contribution in [3.05, 3.63) is 23.3 Å². The molecular weight excluding hydrogens is 267 g/mol. The van der Waals surface area contributed by atoms with Gasteiger partial charge in [0.05, 0.1) is 0 Å². The average Bonchev–Trinajstić information content (AvgIpc) is 2.01. The van der Waals surface area contributed by atoms with Gasteiger partial charge in [-0.1, -0.05) is 22.6 Å². The molecule has 0 bridgehead atoms. The predicted octanol–water partition coefficient (Wildman–Crippen LogP) is 2.38. The predicted molar refractivity (Wildman–Crippen MR) is 57.1 cm³/mol. The third-order valence-electron chi connectivity index (χ3n) is 1.76. The van der Waals surface area contributed by atoms with Crippen LogP contribution >= 0.6 is 22.6 Å². The first-order chi connectivity index (χ1) is 5.65. The van der Waals surface area contributed by atoms with Crippen molar-refractivity contribution in [3.63, 3.8) is 0 Å².